The van der Waals surface area contributed by atoms with E-state index in [1.54, 1.807) is 49.6 Å². The first-order valence-corrected chi connectivity index (χ1v) is 11.0. The van der Waals surface area contributed by atoms with Crippen molar-refractivity contribution in [1.82, 2.24) is 0 Å². The topological polar surface area (TPSA) is 89.5 Å². The molecule has 0 unspecified atom stereocenters. The number of ketones is 2. The molecule has 0 bridgehead atoms. The monoisotopic (exact) mass is 458 g/mol. The number of hydrogen-bond donors (Lipinski definition) is 0. The van der Waals surface area contributed by atoms with Crippen molar-refractivity contribution < 1.29 is 38.0 Å². The Morgan fingerprint density at radius 3 is 1.61 bits per heavy atom. The van der Waals surface area contributed by atoms with Crippen LogP contribution in [0, 0.1) is 0 Å². The van der Waals surface area contributed by atoms with Crippen LogP contribution in [0.15, 0.2) is 42.5 Å². The maximum Gasteiger partial charge on any atom is 0.198 e. The minimum atomic E-state index is -0.200. The van der Waals surface area contributed by atoms with Gasteiger partial charge in [-0.1, -0.05) is 36.4 Å². The lowest BCUT2D eigenvalue weighted by atomic mass is 9.83. The summed E-state index contributed by atoms with van der Waals surface area (Å²) < 4.78 is 32.3. The predicted octanol–water partition coefficient (Wildman–Crippen LogP) is 2.55. The van der Waals surface area contributed by atoms with Crippen molar-refractivity contribution >= 4 is 11.6 Å². The Morgan fingerprint density at radius 2 is 1.03 bits per heavy atom. The molecule has 0 heterocycles. The fourth-order valence-electron chi connectivity index (χ4n) is 3.35. The molecule has 0 atom stereocenters. The highest BCUT2D eigenvalue weighted by molar-refractivity contribution is 6.29. The molecule has 8 heteroatoms. The van der Waals surface area contributed by atoms with E-state index >= 15 is 0 Å². The summed E-state index contributed by atoms with van der Waals surface area (Å²) in [7, 11) is 1.63. The SMILES string of the molecule is COCCOCCOCCOCCOCCOc1cccc2c1C(=O)c1ccccc1C2=O. The van der Waals surface area contributed by atoms with Gasteiger partial charge in [0, 0.05) is 23.8 Å². The van der Waals surface area contributed by atoms with Crippen LogP contribution in [0.25, 0.3) is 0 Å². The van der Waals surface area contributed by atoms with E-state index in [1.807, 2.05) is 0 Å². The summed E-state index contributed by atoms with van der Waals surface area (Å²) in [5.41, 5.74) is 1.52. The Bertz CT molecular complexity index is 911. The van der Waals surface area contributed by atoms with Crippen molar-refractivity contribution in [3.63, 3.8) is 0 Å². The van der Waals surface area contributed by atoms with Crippen LogP contribution in [0.1, 0.15) is 31.8 Å². The summed E-state index contributed by atoms with van der Waals surface area (Å²) in [5.74, 6) is 0.0269. The van der Waals surface area contributed by atoms with Gasteiger partial charge in [-0.25, -0.2) is 0 Å². The standard InChI is InChI=1S/C25H30O8/c1-28-9-10-29-11-12-30-13-14-31-15-16-32-17-18-33-22-8-4-7-21-23(22)25(27)20-6-3-2-5-19(20)24(21)26/h2-8H,9-18H2,1H3. The Hall–Kier alpha value is -2.62. The second-order valence-corrected chi connectivity index (χ2v) is 7.17. The number of fused-ring (bicyclic) bond motifs is 2. The molecule has 1 aliphatic rings. The van der Waals surface area contributed by atoms with E-state index in [1.165, 1.54) is 0 Å². The van der Waals surface area contributed by atoms with Crippen molar-refractivity contribution in [2.45, 2.75) is 0 Å². The van der Waals surface area contributed by atoms with Gasteiger partial charge in [-0.15, -0.1) is 0 Å². The third-order valence-electron chi connectivity index (χ3n) is 4.95. The van der Waals surface area contributed by atoms with E-state index < -0.39 is 0 Å². The van der Waals surface area contributed by atoms with E-state index in [0.717, 1.165) is 0 Å². The van der Waals surface area contributed by atoms with Crippen LogP contribution in [-0.2, 0) is 23.7 Å². The predicted molar refractivity (Wildman–Crippen MR) is 120 cm³/mol. The van der Waals surface area contributed by atoms with Crippen LogP contribution in [-0.4, -0.2) is 84.7 Å². The summed E-state index contributed by atoms with van der Waals surface area (Å²) in [6, 6.07) is 11.9. The van der Waals surface area contributed by atoms with Gasteiger partial charge in [0.05, 0.1) is 65.0 Å². The summed E-state index contributed by atoms with van der Waals surface area (Å²) in [6.07, 6.45) is 0. The lowest BCUT2D eigenvalue weighted by Gasteiger charge is -2.20. The van der Waals surface area contributed by atoms with E-state index in [2.05, 4.69) is 0 Å². The van der Waals surface area contributed by atoms with Crippen molar-refractivity contribution in [3.05, 3.63) is 64.7 Å². The molecule has 0 aliphatic heterocycles. The molecule has 0 saturated heterocycles. The molecular weight excluding hydrogens is 428 g/mol. The Balaban J connectivity index is 1.30. The van der Waals surface area contributed by atoms with E-state index in [9.17, 15) is 9.59 Å². The number of carbonyl (C=O) groups is 2. The average Bonchev–Trinajstić information content (AvgIpc) is 2.84. The summed E-state index contributed by atoms with van der Waals surface area (Å²) in [4.78, 5) is 25.7. The number of ether oxygens (including phenoxy) is 6. The number of hydrogen-bond acceptors (Lipinski definition) is 8. The van der Waals surface area contributed by atoms with Gasteiger partial charge < -0.3 is 28.4 Å². The highest BCUT2D eigenvalue weighted by atomic mass is 16.6. The fourth-order valence-corrected chi connectivity index (χ4v) is 3.35. The minimum absolute atomic E-state index is 0.165. The number of methoxy groups -OCH3 is 1. The molecule has 2 aromatic carbocycles. The van der Waals surface area contributed by atoms with E-state index in [0.29, 0.717) is 87.5 Å². The second-order valence-electron chi connectivity index (χ2n) is 7.17. The molecule has 2 aromatic rings. The third kappa shape index (κ3) is 7.18. The largest absolute Gasteiger partial charge is 0.490 e. The number of carbonyl (C=O) groups excluding carboxylic acids is 2. The van der Waals surface area contributed by atoms with Gasteiger partial charge in [0.1, 0.15) is 12.4 Å². The molecule has 33 heavy (non-hydrogen) atoms. The van der Waals surface area contributed by atoms with Crippen molar-refractivity contribution in [1.29, 1.82) is 0 Å². The molecule has 0 aromatic heterocycles. The number of rotatable bonds is 16. The normalized spacial score (nSPS) is 12.5. The molecule has 0 radical (unpaired) electrons. The molecule has 0 spiro atoms. The summed E-state index contributed by atoms with van der Waals surface area (Å²) in [5, 5.41) is 0. The zero-order valence-electron chi connectivity index (χ0n) is 18.9. The van der Waals surface area contributed by atoms with Gasteiger partial charge in [0.2, 0.25) is 0 Å². The van der Waals surface area contributed by atoms with Gasteiger partial charge in [-0.2, -0.15) is 0 Å². The number of benzene rings is 2. The van der Waals surface area contributed by atoms with Gasteiger partial charge >= 0.3 is 0 Å². The molecule has 0 amide bonds. The highest BCUT2D eigenvalue weighted by Crippen LogP contribution is 2.33. The van der Waals surface area contributed by atoms with Crippen LogP contribution in [0.5, 0.6) is 5.75 Å². The zero-order chi connectivity index (χ0) is 23.3. The molecule has 178 valence electrons. The first kappa shape index (κ1) is 25.0. The maximum absolute atomic E-state index is 12.9. The van der Waals surface area contributed by atoms with Gasteiger partial charge in [0.25, 0.3) is 0 Å². The lowest BCUT2D eigenvalue weighted by molar-refractivity contribution is -0.00979. The first-order valence-electron chi connectivity index (χ1n) is 11.0. The lowest BCUT2D eigenvalue weighted by Crippen LogP contribution is -2.22. The quantitative estimate of drug-likeness (QED) is 0.303. The van der Waals surface area contributed by atoms with Gasteiger partial charge in [-0.3, -0.25) is 9.59 Å². The third-order valence-corrected chi connectivity index (χ3v) is 4.95. The van der Waals surface area contributed by atoms with Crippen LogP contribution < -0.4 is 4.74 Å². The summed E-state index contributed by atoms with van der Waals surface area (Å²) in [6.45, 7) is 4.61. The van der Waals surface area contributed by atoms with Crippen LogP contribution in [0.4, 0.5) is 0 Å². The molecule has 3 rings (SSSR count). The van der Waals surface area contributed by atoms with Gasteiger partial charge in [-0.05, 0) is 6.07 Å². The molecule has 0 fully saturated rings. The van der Waals surface area contributed by atoms with Crippen molar-refractivity contribution in [2.75, 3.05) is 73.2 Å². The molecular formula is C25H30O8. The average molecular weight is 459 g/mol. The van der Waals surface area contributed by atoms with Crippen molar-refractivity contribution in [2.24, 2.45) is 0 Å². The molecule has 8 nitrogen and oxygen atoms in total. The van der Waals surface area contributed by atoms with Crippen LogP contribution in [0.2, 0.25) is 0 Å². The summed E-state index contributed by atoms with van der Waals surface area (Å²) >= 11 is 0. The van der Waals surface area contributed by atoms with Crippen molar-refractivity contribution in [3.8, 4) is 5.75 Å². The fraction of sp³-hybridized carbons (Fsp3) is 0.440. The maximum atomic E-state index is 12.9. The Morgan fingerprint density at radius 1 is 0.545 bits per heavy atom. The molecule has 1 aliphatic carbocycles. The van der Waals surface area contributed by atoms with E-state index in [-0.39, 0.29) is 18.2 Å². The highest BCUT2D eigenvalue weighted by Gasteiger charge is 2.31. The second kappa shape index (κ2) is 13.8. The smallest absolute Gasteiger partial charge is 0.198 e. The Labute approximate surface area is 193 Å². The Kier molecular flexibility index (Phi) is 10.5. The minimum Gasteiger partial charge on any atom is -0.490 e. The van der Waals surface area contributed by atoms with Gasteiger partial charge in [0.15, 0.2) is 11.6 Å². The molecule has 0 saturated carbocycles. The first-order chi connectivity index (χ1) is 16.2. The van der Waals surface area contributed by atoms with E-state index in [4.69, 9.17) is 28.4 Å². The zero-order valence-corrected chi connectivity index (χ0v) is 18.9. The van der Waals surface area contributed by atoms with Crippen LogP contribution >= 0.6 is 0 Å². The molecule has 0 N–H and O–H groups in total. The van der Waals surface area contributed by atoms with Crippen LogP contribution in [0.3, 0.4) is 0 Å².